The van der Waals surface area contributed by atoms with E-state index in [9.17, 15) is 0 Å². The Morgan fingerprint density at radius 3 is 2.42 bits per heavy atom. The average Bonchev–Trinajstić information content (AvgIpc) is 2.60. The molecule has 0 radical (unpaired) electrons. The van der Waals surface area contributed by atoms with Crippen molar-refractivity contribution in [2.75, 3.05) is 0 Å². The van der Waals surface area contributed by atoms with Crippen LogP contribution in [0.2, 0.25) is 19.6 Å². The molecule has 0 nitrogen and oxygen atoms in total. The molecule has 0 N–H and O–H groups in total. The number of hydrogen-bond donors (Lipinski definition) is 0. The van der Waals surface area contributed by atoms with Crippen LogP contribution in [0.3, 0.4) is 0 Å². The molecule has 1 rings (SSSR count). The second-order valence-corrected chi connectivity index (χ2v) is 13.7. The van der Waals surface area contributed by atoms with Crippen LogP contribution in [0.5, 0.6) is 0 Å². The van der Waals surface area contributed by atoms with Crippen LogP contribution in [0.1, 0.15) is 97.3 Å². The lowest BCUT2D eigenvalue weighted by molar-refractivity contribution is 0.455. The lowest BCUT2D eigenvalue weighted by Crippen LogP contribution is -2.17. The Morgan fingerprint density at radius 2 is 1.73 bits per heavy atom. The van der Waals surface area contributed by atoms with E-state index in [1.54, 1.807) is 5.57 Å². The number of unbranched alkanes of at least 4 members (excludes halogenated alkanes) is 5. The van der Waals surface area contributed by atoms with Crippen molar-refractivity contribution in [1.29, 1.82) is 0 Å². The third-order valence-corrected chi connectivity index (χ3v) is 6.04. The van der Waals surface area contributed by atoms with Gasteiger partial charge in [0.25, 0.3) is 0 Å². The lowest BCUT2D eigenvalue weighted by Gasteiger charge is -2.26. The Labute approximate surface area is 165 Å². The molecular formula is C25H42Si. The predicted octanol–water partition coefficient (Wildman–Crippen LogP) is 7.91. The summed E-state index contributed by atoms with van der Waals surface area (Å²) in [7, 11) is -1.26. The molecule has 0 spiro atoms. The highest BCUT2D eigenvalue weighted by molar-refractivity contribution is 6.83. The van der Waals surface area contributed by atoms with E-state index in [1.165, 1.54) is 76.2 Å². The molecule has 0 aliphatic heterocycles. The standard InChI is InChI=1S/C25H42Si/c1-6-8-10-12-17-23(18-13-11-9-7-2)25-21-15-14-19-24(25)20-16-22-26(3,4)5/h24H,6-12,14-15,17,19-21H2,1-5H3/b25-23-. The normalized spacial score (nSPS) is 19.2. The van der Waals surface area contributed by atoms with Gasteiger partial charge in [0.05, 0.1) is 0 Å². The van der Waals surface area contributed by atoms with Gasteiger partial charge in [-0.05, 0) is 44.4 Å². The Kier molecular flexibility index (Phi) is 11.8. The molecule has 0 saturated heterocycles. The third-order valence-electron chi connectivity index (χ3n) is 5.12. The topological polar surface area (TPSA) is 0 Å². The van der Waals surface area contributed by atoms with E-state index >= 15 is 0 Å². The zero-order valence-corrected chi connectivity index (χ0v) is 19.3. The Hall–Kier alpha value is -0.923. The third kappa shape index (κ3) is 10.3. The molecule has 0 amide bonds. The van der Waals surface area contributed by atoms with Gasteiger partial charge in [0.2, 0.25) is 0 Å². The zero-order valence-electron chi connectivity index (χ0n) is 18.3. The van der Waals surface area contributed by atoms with Gasteiger partial charge in [-0.3, -0.25) is 0 Å². The van der Waals surface area contributed by atoms with Crippen LogP contribution >= 0.6 is 0 Å². The summed E-state index contributed by atoms with van der Waals surface area (Å²) in [4.78, 5) is 0. The molecule has 0 heterocycles. The molecule has 1 unspecified atom stereocenters. The van der Waals surface area contributed by atoms with Crippen molar-refractivity contribution in [3.63, 3.8) is 0 Å². The van der Waals surface area contributed by atoms with Crippen molar-refractivity contribution in [2.45, 2.75) is 117 Å². The van der Waals surface area contributed by atoms with Gasteiger partial charge in [0.15, 0.2) is 0 Å². The van der Waals surface area contributed by atoms with Crippen molar-refractivity contribution >= 4 is 8.07 Å². The van der Waals surface area contributed by atoms with E-state index in [-0.39, 0.29) is 0 Å². The minimum Gasteiger partial charge on any atom is -0.132 e. The fourth-order valence-corrected chi connectivity index (χ4v) is 4.25. The maximum absolute atomic E-state index is 3.63. The van der Waals surface area contributed by atoms with Gasteiger partial charge in [0.1, 0.15) is 8.07 Å². The summed E-state index contributed by atoms with van der Waals surface area (Å²) in [5.74, 6) is 11.4. The first-order valence-electron chi connectivity index (χ1n) is 11.2. The number of hydrogen-bond acceptors (Lipinski definition) is 0. The van der Waals surface area contributed by atoms with E-state index < -0.39 is 8.07 Å². The maximum Gasteiger partial charge on any atom is 0.129 e. The number of allylic oxidation sites excluding steroid dienone is 2. The van der Waals surface area contributed by atoms with Gasteiger partial charge in [-0.1, -0.05) is 83.0 Å². The quantitative estimate of drug-likeness (QED) is 0.231. The van der Waals surface area contributed by atoms with Crippen LogP contribution in [-0.4, -0.2) is 8.07 Å². The summed E-state index contributed by atoms with van der Waals surface area (Å²) in [6, 6.07) is 0. The minimum absolute atomic E-state index is 0.675. The van der Waals surface area contributed by atoms with Crippen molar-refractivity contribution in [3.8, 4) is 23.3 Å². The predicted molar refractivity (Wildman–Crippen MR) is 121 cm³/mol. The first-order valence-corrected chi connectivity index (χ1v) is 14.7. The molecular weight excluding hydrogens is 328 g/mol. The van der Waals surface area contributed by atoms with E-state index in [2.05, 4.69) is 56.8 Å². The van der Waals surface area contributed by atoms with E-state index in [0.29, 0.717) is 5.92 Å². The molecule has 1 saturated carbocycles. The largest absolute Gasteiger partial charge is 0.132 e. The second kappa shape index (κ2) is 13.3. The molecule has 0 aromatic rings. The van der Waals surface area contributed by atoms with Crippen LogP contribution < -0.4 is 0 Å². The summed E-state index contributed by atoms with van der Waals surface area (Å²) in [6.07, 6.45) is 16.4. The van der Waals surface area contributed by atoms with Crippen LogP contribution in [0.4, 0.5) is 0 Å². The molecule has 1 heteroatoms. The van der Waals surface area contributed by atoms with Crippen LogP contribution in [0.25, 0.3) is 0 Å². The van der Waals surface area contributed by atoms with Gasteiger partial charge in [0, 0.05) is 18.4 Å². The highest BCUT2D eigenvalue weighted by Crippen LogP contribution is 2.35. The average molecular weight is 371 g/mol. The smallest absolute Gasteiger partial charge is 0.129 e. The fourth-order valence-electron chi connectivity index (χ4n) is 3.61. The van der Waals surface area contributed by atoms with Gasteiger partial charge in [-0.15, -0.1) is 11.5 Å². The van der Waals surface area contributed by atoms with E-state index in [1.807, 2.05) is 0 Å². The fraction of sp³-hybridized carbons (Fsp3) is 0.760. The molecule has 0 aromatic heterocycles. The lowest BCUT2D eigenvalue weighted by atomic mass is 9.79. The molecule has 1 aliphatic carbocycles. The van der Waals surface area contributed by atoms with Crippen LogP contribution in [0.15, 0.2) is 11.1 Å². The Balaban J connectivity index is 2.92. The van der Waals surface area contributed by atoms with Crippen molar-refractivity contribution < 1.29 is 0 Å². The van der Waals surface area contributed by atoms with Gasteiger partial charge >= 0.3 is 0 Å². The Bertz CT molecular complexity index is 539. The van der Waals surface area contributed by atoms with Gasteiger partial charge < -0.3 is 0 Å². The summed E-state index contributed by atoms with van der Waals surface area (Å²) < 4.78 is 0. The molecule has 0 bridgehead atoms. The van der Waals surface area contributed by atoms with Crippen molar-refractivity contribution in [3.05, 3.63) is 11.1 Å². The molecule has 0 aromatic carbocycles. The zero-order chi connectivity index (χ0) is 19.3. The summed E-state index contributed by atoms with van der Waals surface area (Å²) in [5.41, 5.74) is 6.76. The molecule has 146 valence electrons. The molecule has 1 atom stereocenters. The van der Waals surface area contributed by atoms with Crippen LogP contribution in [0, 0.1) is 29.2 Å². The first kappa shape index (κ1) is 23.1. The molecule has 1 fully saturated rings. The molecule has 1 aliphatic rings. The highest BCUT2D eigenvalue weighted by Gasteiger charge is 2.21. The van der Waals surface area contributed by atoms with Gasteiger partial charge in [-0.2, -0.15) is 0 Å². The first-order chi connectivity index (χ1) is 12.5. The minimum atomic E-state index is -1.26. The summed E-state index contributed by atoms with van der Waals surface area (Å²) >= 11 is 0. The van der Waals surface area contributed by atoms with E-state index in [4.69, 9.17) is 0 Å². The second-order valence-electron chi connectivity index (χ2n) is 8.92. The number of rotatable bonds is 8. The molecule has 26 heavy (non-hydrogen) atoms. The van der Waals surface area contributed by atoms with Crippen LogP contribution in [-0.2, 0) is 0 Å². The summed E-state index contributed by atoms with van der Waals surface area (Å²) in [6.45, 7) is 11.6. The SMILES string of the molecule is CCCCC#C/C(CCCCCC)=C1/CCCCC1CC#C[Si](C)(C)C. The van der Waals surface area contributed by atoms with Gasteiger partial charge in [-0.25, -0.2) is 0 Å². The monoisotopic (exact) mass is 370 g/mol. The van der Waals surface area contributed by atoms with Crippen molar-refractivity contribution in [2.24, 2.45) is 5.92 Å². The Morgan fingerprint density at radius 1 is 0.962 bits per heavy atom. The summed E-state index contributed by atoms with van der Waals surface area (Å²) in [5, 5.41) is 0. The van der Waals surface area contributed by atoms with E-state index in [0.717, 1.165) is 12.8 Å². The highest BCUT2D eigenvalue weighted by atomic mass is 28.3. The maximum atomic E-state index is 3.63. The van der Waals surface area contributed by atoms with Crippen molar-refractivity contribution in [1.82, 2.24) is 0 Å².